The Kier molecular flexibility index (Phi) is 7.33. The van der Waals surface area contributed by atoms with Gasteiger partial charge >= 0.3 is 0 Å². The van der Waals surface area contributed by atoms with Gasteiger partial charge in [-0.25, -0.2) is 17.2 Å². The third-order valence-electron chi connectivity index (χ3n) is 6.67. The lowest BCUT2D eigenvalue weighted by molar-refractivity contribution is -0.142. The molecule has 1 saturated heterocycles. The molecular weight excluding hydrogens is 518 g/mol. The van der Waals surface area contributed by atoms with Crippen LogP contribution in [0.2, 0.25) is 0 Å². The molecule has 0 aromatic heterocycles. The average molecular weight is 545 g/mol. The highest BCUT2D eigenvalue weighted by molar-refractivity contribution is 7.92. The zero-order chi connectivity index (χ0) is 26.9. The highest BCUT2D eigenvalue weighted by Gasteiger charge is 2.46. The molecule has 0 spiro atoms. The number of halogens is 2. The molecule has 0 unspecified atom stereocenters. The van der Waals surface area contributed by atoms with Gasteiger partial charge in [0, 0.05) is 23.7 Å². The van der Waals surface area contributed by atoms with Gasteiger partial charge in [0.25, 0.3) is 10.0 Å². The molecule has 3 aromatic carbocycles. The van der Waals surface area contributed by atoms with Crippen LogP contribution in [-0.4, -0.2) is 44.4 Å². The molecule has 0 saturated carbocycles. The first-order chi connectivity index (χ1) is 18.2. The van der Waals surface area contributed by atoms with Crippen molar-refractivity contribution in [3.05, 3.63) is 89.5 Å². The Balaban J connectivity index is 1.28. The standard InChI is InChI=1S/C27H26F2N2O6S/c28-17-4-7-21(8-5-17)38(34,35)31-19-6-9-24-22(11-19)23-12-20(36-25(15-32)27(23)37-24)13-26(33)30-14-16-2-1-3-18(29)10-16/h1-11,20,23,25,27,31-32H,12-15H2,(H,30,33)/t20-,23+,25-,27-/m0/s1. The number of aliphatic hydroxyl groups is 1. The van der Waals surface area contributed by atoms with Gasteiger partial charge in [-0.1, -0.05) is 12.1 Å². The number of hydrogen-bond donors (Lipinski definition) is 3. The van der Waals surface area contributed by atoms with E-state index in [2.05, 4.69) is 10.0 Å². The summed E-state index contributed by atoms with van der Waals surface area (Å²) in [7, 11) is -3.95. The van der Waals surface area contributed by atoms with Crippen molar-refractivity contribution in [2.75, 3.05) is 11.3 Å². The van der Waals surface area contributed by atoms with E-state index in [-0.39, 0.29) is 42.1 Å². The van der Waals surface area contributed by atoms with Gasteiger partial charge in [0.05, 0.1) is 24.0 Å². The summed E-state index contributed by atoms with van der Waals surface area (Å²) in [5.41, 5.74) is 1.67. The second-order valence-corrected chi connectivity index (χ2v) is 11.0. The van der Waals surface area contributed by atoms with Crippen LogP contribution in [0.1, 0.15) is 29.9 Å². The fourth-order valence-corrected chi connectivity index (χ4v) is 5.96. The lowest BCUT2D eigenvalue weighted by atomic mass is 9.84. The normalized spacial score (nSPS) is 22.2. The molecule has 1 fully saturated rings. The van der Waals surface area contributed by atoms with Crippen LogP contribution >= 0.6 is 0 Å². The minimum atomic E-state index is -3.95. The van der Waals surface area contributed by atoms with E-state index in [9.17, 15) is 27.1 Å². The Bertz CT molecular complexity index is 1430. The van der Waals surface area contributed by atoms with Gasteiger partial charge in [0.2, 0.25) is 5.91 Å². The molecule has 11 heteroatoms. The lowest BCUT2D eigenvalue weighted by Crippen LogP contribution is -2.47. The molecule has 2 aliphatic rings. The molecule has 5 rings (SSSR count). The predicted molar refractivity (Wildman–Crippen MR) is 134 cm³/mol. The number of hydrogen-bond acceptors (Lipinski definition) is 6. The fourth-order valence-electron chi connectivity index (χ4n) is 4.91. The third kappa shape index (κ3) is 5.64. The summed E-state index contributed by atoms with van der Waals surface area (Å²) in [5.74, 6) is -0.909. The van der Waals surface area contributed by atoms with Crippen molar-refractivity contribution in [2.45, 2.75) is 48.5 Å². The first-order valence-electron chi connectivity index (χ1n) is 12.1. The number of carbonyl (C=O) groups excluding carboxylic acids is 1. The summed E-state index contributed by atoms with van der Waals surface area (Å²) >= 11 is 0. The van der Waals surface area contributed by atoms with Crippen molar-refractivity contribution in [3.63, 3.8) is 0 Å². The summed E-state index contributed by atoms with van der Waals surface area (Å²) in [6, 6.07) is 15.3. The number of anilines is 1. The fraction of sp³-hybridized carbons (Fsp3) is 0.296. The van der Waals surface area contributed by atoms with E-state index < -0.39 is 34.2 Å². The highest BCUT2D eigenvalue weighted by Crippen LogP contribution is 2.47. The number of aliphatic hydroxyl groups excluding tert-OH is 1. The second kappa shape index (κ2) is 10.7. The Morgan fingerprint density at radius 3 is 2.55 bits per heavy atom. The van der Waals surface area contributed by atoms with Crippen LogP contribution in [0.4, 0.5) is 14.5 Å². The Morgan fingerprint density at radius 2 is 1.82 bits per heavy atom. The minimum Gasteiger partial charge on any atom is -0.487 e. The number of carbonyl (C=O) groups is 1. The third-order valence-corrected chi connectivity index (χ3v) is 8.06. The number of sulfonamides is 1. The topological polar surface area (TPSA) is 114 Å². The predicted octanol–water partition coefficient (Wildman–Crippen LogP) is 3.47. The van der Waals surface area contributed by atoms with Gasteiger partial charge in [-0.2, -0.15) is 0 Å². The van der Waals surface area contributed by atoms with E-state index in [1.807, 2.05) is 0 Å². The first-order valence-corrected chi connectivity index (χ1v) is 13.6. The van der Waals surface area contributed by atoms with Crippen molar-refractivity contribution in [3.8, 4) is 5.75 Å². The van der Waals surface area contributed by atoms with Crippen LogP contribution < -0.4 is 14.8 Å². The molecule has 38 heavy (non-hydrogen) atoms. The van der Waals surface area contributed by atoms with Crippen molar-refractivity contribution in [1.29, 1.82) is 0 Å². The quantitative estimate of drug-likeness (QED) is 0.400. The second-order valence-electron chi connectivity index (χ2n) is 9.33. The maximum Gasteiger partial charge on any atom is 0.261 e. The Hall–Kier alpha value is -3.54. The number of rotatable bonds is 8. The number of amides is 1. The zero-order valence-electron chi connectivity index (χ0n) is 20.1. The maximum atomic E-state index is 13.4. The Labute approximate surface area is 218 Å². The van der Waals surface area contributed by atoms with E-state index in [0.717, 1.165) is 17.7 Å². The molecule has 8 nitrogen and oxygen atoms in total. The van der Waals surface area contributed by atoms with Crippen molar-refractivity contribution < 1.29 is 36.6 Å². The summed E-state index contributed by atoms with van der Waals surface area (Å²) in [5, 5.41) is 12.7. The van der Waals surface area contributed by atoms with E-state index in [1.54, 1.807) is 30.3 Å². The summed E-state index contributed by atoms with van der Waals surface area (Å²) in [4.78, 5) is 12.5. The molecule has 4 atom stereocenters. The molecule has 2 heterocycles. The average Bonchev–Trinajstić information content (AvgIpc) is 3.25. The maximum absolute atomic E-state index is 13.4. The molecule has 0 aliphatic carbocycles. The van der Waals surface area contributed by atoms with Gasteiger partial charge in [-0.05, 0) is 66.6 Å². The van der Waals surface area contributed by atoms with Crippen molar-refractivity contribution >= 4 is 21.6 Å². The molecular formula is C27H26F2N2O6S. The molecule has 0 bridgehead atoms. The molecule has 3 aromatic rings. The van der Waals surface area contributed by atoms with E-state index >= 15 is 0 Å². The molecule has 2 aliphatic heterocycles. The van der Waals surface area contributed by atoms with Crippen molar-refractivity contribution in [2.24, 2.45) is 0 Å². The molecule has 200 valence electrons. The van der Waals surface area contributed by atoms with Crippen LogP contribution in [0.15, 0.2) is 71.6 Å². The van der Waals surface area contributed by atoms with Gasteiger partial charge in [-0.3, -0.25) is 9.52 Å². The monoisotopic (exact) mass is 544 g/mol. The lowest BCUT2D eigenvalue weighted by Gasteiger charge is -2.37. The highest BCUT2D eigenvalue weighted by atomic mass is 32.2. The van der Waals surface area contributed by atoms with E-state index in [0.29, 0.717) is 23.4 Å². The van der Waals surface area contributed by atoms with Gasteiger partial charge in [0.15, 0.2) is 0 Å². The van der Waals surface area contributed by atoms with Gasteiger partial charge in [-0.15, -0.1) is 0 Å². The minimum absolute atomic E-state index is 0.0290. The summed E-state index contributed by atoms with van der Waals surface area (Å²) in [6.45, 7) is -0.150. The summed E-state index contributed by atoms with van der Waals surface area (Å²) < 4.78 is 66.6. The first kappa shape index (κ1) is 26.1. The van der Waals surface area contributed by atoms with Crippen LogP contribution in [-0.2, 0) is 26.1 Å². The van der Waals surface area contributed by atoms with Gasteiger partial charge < -0.3 is 19.9 Å². The summed E-state index contributed by atoms with van der Waals surface area (Å²) in [6.07, 6.45) is -1.25. The number of ether oxygens (including phenoxy) is 2. The zero-order valence-corrected chi connectivity index (χ0v) is 21.0. The smallest absolute Gasteiger partial charge is 0.261 e. The van der Waals surface area contributed by atoms with Gasteiger partial charge in [0.1, 0.15) is 29.6 Å². The van der Waals surface area contributed by atoms with Crippen molar-refractivity contribution in [1.82, 2.24) is 5.32 Å². The largest absolute Gasteiger partial charge is 0.487 e. The SMILES string of the molecule is O=C(C[C@@H]1C[C@@H]2c3cc(NS(=O)(=O)c4ccc(F)cc4)ccc3O[C@@H]2[C@H](CO)O1)NCc1cccc(F)c1. The number of fused-ring (bicyclic) bond motifs is 3. The van der Waals surface area contributed by atoms with Crippen LogP contribution in [0, 0.1) is 11.6 Å². The Morgan fingerprint density at radius 1 is 1.03 bits per heavy atom. The number of nitrogens with one attached hydrogen (secondary N) is 2. The molecule has 0 radical (unpaired) electrons. The molecule has 1 amide bonds. The van der Waals surface area contributed by atoms with E-state index in [1.165, 1.54) is 24.3 Å². The molecule has 3 N–H and O–H groups in total. The van der Waals surface area contributed by atoms with Crippen LogP contribution in [0.3, 0.4) is 0 Å². The van der Waals surface area contributed by atoms with Crippen LogP contribution in [0.5, 0.6) is 5.75 Å². The van der Waals surface area contributed by atoms with E-state index in [4.69, 9.17) is 9.47 Å². The van der Waals surface area contributed by atoms with Crippen LogP contribution in [0.25, 0.3) is 0 Å². The number of benzene rings is 3.